The molecule has 0 bridgehead atoms. The van der Waals surface area contributed by atoms with E-state index in [4.69, 9.17) is 23.2 Å². The number of anilines is 1. The van der Waals surface area contributed by atoms with E-state index < -0.39 is 0 Å². The highest BCUT2D eigenvalue weighted by molar-refractivity contribution is 6.30. The van der Waals surface area contributed by atoms with Crippen LogP contribution in [0.4, 0.5) is 5.69 Å². The van der Waals surface area contributed by atoms with Crippen LogP contribution in [0.3, 0.4) is 0 Å². The van der Waals surface area contributed by atoms with Gasteiger partial charge in [0.15, 0.2) is 0 Å². The van der Waals surface area contributed by atoms with Crippen molar-refractivity contribution in [1.29, 1.82) is 0 Å². The number of aromatic nitrogens is 2. The summed E-state index contributed by atoms with van der Waals surface area (Å²) in [4.78, 5) is 7.62. The number of nitrogens with zero attached hydrogens (tertiary/aromatic N) is 2. The number of hydrogen-bond donors (Lipinski definition) is 4. The van der Waals surface area contributed by atoms with Gasteiger partial charge in [0.25, 0.3) is 0 Å². The Hall–Kier alpha value is -3.48. The van der Waals surface area contributed by atoms with Crippen molar-refractivity contribution in [2.75, 3.05) is 11.9 Å². The number of hydrazine groups is 1. The molecule has 2 aromatic carbocycles. The first kappa shape index (κ1) is 20.4. The van der Waals surface area contributed by atoms with Crippen molar-refractivity contribution in [2.24, 2.45) is 11.6 Å². The van der Waals surface area contributed by atoms with E-state index in [-0.39, 0.29) is 6.04 Å². The lowest BCUT2D eigenvalue weighted by molar-refractivity contribution is 0.402. The summed E-state index contributed by atoms with van der Waals surface area (Å²) in [6, 6.07) is 18.4. The first-order chi connectivity index (χ1) is 15.5. The molecule has 7 heteroatoms. The number of nitrogens with two attached hydrogens (primary N) is 2. The van der Waals surface area contributed by atoms with Crippen molar-refractivity contribution in [1.82, 2.24) is 15.0 Å². The molecule has 0 fully saturated rings. The maximum atomic E-state index is 6.42. The Kier molecular flexibility index (Phi) is 5.25. The number of allylic oxidation sites excluding steroid dienone is 1. The summed E-state index contributed by atoms with van der Waals surface area (Å²) >= 11 is 6.08. The van der Waals surface area contributed by atoms with Crippen LogP contribution < -0.4 is 16.9 Å². The quantitative estimate of drug-likeness (QED) is 0.323. The van der Waals surface area contributed by atoms with Gasteiger partial charge in [0.05, 0.1) is 11.7 Å². The largest absolute Gasteiger partial charge is 0.401 e. The van der Waals surface area contributed by atoms with Gasteiger partial charge in [0.1, 0.15) is 5.65 Å². The minimum Gasteiger partial charge on any atom is -0.401 e. The lowest BCUT2D eigenvalue weighted by Crippen LogP contribution is -2.31. The molecular weight excluding hydrogens is 420 g/mol. The van der Waals surface area contributed by atoms with Crippen LogP contribution in [0.15, 0.2) is 72.7 Å². The molecule has 2 aromatic heterocycles. The number of nitrogens with one attached hydrogen (secondary N) is 2. The predicted octanol–water partition coefficient (Wildman–Crippen LogP) is 5.26. The molecule has 32 heavy (non-hydrogen) atoms. The van der Waals surface area contributed by atoms with E-state index in [9.17, 15) is 0 Å². The van der Waals surface area contributed by atoms with Gasteiger partial charge in [-0.1, -0.05) is 23.7 Å². The monoisotopic (exact) mass is 444 g/mol. The van der Waals surface area contributed by atoms with Crippen LogP contribution in [-0.2, 0) is 0 Å². The van der Waals surface area contributed by atoms with Crippen molar-refractivity contribution in [3.63, 3.8) is 0 Å². The van der Waals surface area contributed by atoms with Crippen LogP contribution >= 0.6 is 11.6 Å². The molecule has 6 N–H and O–H groups in total. The fourth-order valence-corrected chi connectivity index (χ4v) is 4.60. The summed E-state index contributed by atoms with van der Waals surface area (Å²) in [5, 5.41) is 7.24. The average molecular weight is 445 g/mol. The molecule has 0 saturated carbocycles. The number of pyridine rings is 1. The fraction of sp³-hybridized carbons (Fsp3) is 0.160. The number of H-pyrrole nitrogens is 1. The topological polar surface area (TPSA) is 96.0 Å². The van der Waals surface area contributed by atoms with Crippen LogP contribution in [-0.4, -0.2) is 21.5 Å². The van der Waals surface area contributed by atoms with E-state index in [1.54, 1.807) is 5.01 Å². The third-order valence-electron chi connectivity index (χ3n) is 5.96. The molecule has 6 nitrogen and oxygen atoms in total. The van der Waals surface area contributed by atoms with Crippen LogP contribution in [0.1, 0.15) is 30.5 Å². The van der Waals surface area contributed by atoms with Crippen LogP contribution in [0.5, 0.6) is 0 Å². The molecule has 0 spiro atoms. The molecule has 1 aliphatic heterocycles. The number of fused-ring (bicyclic) bond motifs is 2. The minimum atomic E-state index is 0.0533. The number of rotatable bonds is 3. The summed E-state index contributed by atoms with van der Waals surface area (Å²) < 4.78 is 0. The summed E-state index contributed by atoms with van der Waals surface area (Å²) in [6.45, 7) is 2.57. The summed E-state index contributed by atoms with van der Waals surface area (Å²) in [6.07, 6.45) is 4.57. The van der Waals surface area contributed by atoms with Gasteiger partial charge in [0.2, 0.25) is 0 Å². The molecule has 1 aliphatic rings. The van der Waals surface area contributed by atoms with Gasteiger partial charge >= 0.3 is 0 Å². The van der Waals surface area contributed by atoms with E-state index in [0.29, 0.717) is 17.3 Å². The zero-order valence-corrected chi connectivity index (χ0v) is 18.5. The summed E-state index contributed by atoms with van der Waals surface area (Å²) in [5.41, 5.74) is 14.2. The summed E-state index contributed by atoms with van der Waals surface area (Å²) in [7, 11) is 0. The predicted molar refractivity (Wildman–Crippen MR) is 132 cm³/mol. The maximum Gasteiger partial charge on any atom is 0.137 e. The van der Waals surface area contributed by atoms with Crippen molar-refractivity contribution >= 4 is 34.0 Å². The number of hydrogen-bond acceptors (Lipinski definition) is 5. The maximum absolute atomic E-state index is 6.42. The second-order valence-corrected chi connectivity index (χ2v) is 8.55. The van der Waals surface area contributed by atoms with Crippen LogP contribution in [0.2, 0.25) is 5.02 Å². The minimum absolute atomic E-state index is 0.0533. The Labute approximate surface area is 191 Å². The molecule has 5 rings (SSSR count). The Bertz CT molecular complexity index is 1300. The normalized spacial score (nSPS) is 17.7. The molecule has 1 atom stereocenters. The van der Waals surface area contributed by atoms with E-state index in [1.165, 1.54) is 0 Å². The van der Waals surface area contributed by atoms with Crippen LogP contribution in [0.25, 0.3) is 27.9 Å². The van der Waals surface area contributed by atoms with Crippen LogP contribution in [0, 0.1) is 0 Å². The average Bonchev–Trinajstić information content (AvgIpc) is 3.22. The van der Waals surface area contributed by atoms with Gasteiger partial charge in [-0.25, -0.2) is 10.8 Å². The highest BCUT2D eigenvalue weighted by atomic mass is 35.5. The molecule has 0 saturated heterocycles. The third kappa shape index (κ3) is 3.68. The van der Waals surface area contributed by atoms with E-state index in [0.717, 1.165) is 51.1 Å². The number of benzene rings is 2. The third-order valence-corrected chi connectivity index (χ3v) is 6.21. The van der Waals surface area contributed by atoms with Crippen molar-refractivity contribution < 1.29 is 0 Å². The molecule has 3 heterocycles. The number of halogens is 1. The first-order valence-electron chi connectivity index (χ1n) is 10.6. The van der Waals surface area contributed by atoms with Gasteiger partial charge in [-0.2, -0.15) is 0 Å². The Balaban J connectivity index is 1.66. The fourth-order valence-electron chi connectivity index (χ4n) is 4.47. The molecule has 162 valence electrons. The van der Waals surface area contributed by atoms with E-state index in [2.05, 4.69) is 45.6 Å². The van der Waals surface area contributed by atoms with Crippen molar-refractivity contribution in [3.05, 3.63) is 88.8 Å². The lowest BCUT2D eigenvalue weighted by Gasteiger charge is -2.22. The Morgan fingerprint density at radius 1 is 1.12 bits per heavy atom. The molecular formula is C25H25ClN6. The highest BCUT2D eigenvalue weighted by Crippen LogP contribution is 2.38. The molecule has 1 unspecified atom stereocenters. The van der Waals surface area contributed by atoms with Gasteiger partial charge in [-0.3, -0.25) is 0 Å². The number of aromatic amines is 1. The van der Waals surface area contributed by atoms with Gasteiger partial charge in [-0.15, -0.1) is 0 Å². The molecule has 0 aliphatic carbocycles. The van der Waals surface area contributed by atoms with Gasteiger partial charge in [0, 0.05) is 46.3 Å². The lowest BCUT2D eigenvalue weighted by atomic mass is 9.92. The van der Waals surface area contributed by atoms with E-state index in [1.807, 2.05) is 43.6 Å². The zero-order chi connectivity index (χ0) is 22.2. The molecule has 0 radical (unpaired) electrons. The summed E-state index contributed by atoms with van der Waals surface area (Å²) in [5.74, 6) is 6.42. The van der Waals surface area contributed by atoms with Gasteiger partial charge in [-0.05, 0) is 72.5 Å². The Morgan fingerprint density at radius 2 is 1.94 bits per heavy atom. The van der Waals surface area contributed by atoms with Gasteiger partial charge < -0.3 is 21.0 Å². The SMILES string of the molecule is C/C(N)=C1\c2ccc(-c3ccnc4[nH]ccc34)cc2C(Nc2ccc(Cl)cc2)CCN1N. The Morgan fingerprint density at radius 3 is 2.72 bits per heavy atom. The second kappa shape index (κ2) is 8.22. The van der Waals surface area contributed by atoms with Crippen molar-refractivity contribution in [2.45, 2.75) is 19.4 Å². The highest BCUT2D eigenvalue weighted by Gasteiger charge is 2.26. The second-order valence-electron chi connectivity index (χ2n) is 8.12. The first-order valence-corrected chi connectivity index (χ1v) is 11.0. The molecule has 4 aromatic rings. The zero-order valence-electron chi connectivity index (χ0n) is 17.8. The smallest absolute Gasteiger partial charge is 0.137 e. The van der Waals surface area contributed by atoms with Crippen molar-refractivity contribution in [3.8, 4) is 11.1 Å². The van der Waals surface area contributed by atoms with E-state index >= 15 is 0 Å². The molecule has 0 amide bonds. The standard InChI is InChI=1S/C25H25ClN6/c1-15(27)24-20-7-2-16(19-8-11-29-25-21(19)9-12-30-25)14-22(20)23(10-13-32(24)28)31-18-5-3-17(26)4-6-18/h2-9,11-12,14,23,31H,10,13,27-28H2,1H3,(H,29,30)/b24-15-.